The quantitative estimate of drug-likeness (QED) is 0.659. The first-order valence-corrected chi connectivity index (χ1v) is 6.96. The van der Waals surface area contributed by atoms with Gasteiger partial charge in [-0.3, -0.25) is 0 Å². The lowest BCUT2D eigenvalue weighted by Crippen LogP contribution is -2.34. The molecule has 0 radical (unpaired) electrons. The van der Waals surface area contributed by atoms with E-state index in [1.165, 1.54) is 0 Å². The number of carbonyl (C=O) groups is 1. The van der Waals surface area contributed by atoms with E-state index in [0.717, 1.165) is 32.1 Å². The number of hydrogen-bond donors (Lipinski definition) is 0. The second kappa shape index (κ2) is 7.20. The van der Waals surface area contributed by atoms with Crippen molar-refractivity contribution in [2.45, 2.75) is 58.5 Å². The molecule has 0 heterocycles. The molecule has 2 heteroatoms. The maximum Gasteiger partial charge on any atom is 0.338 e. The van der Waals surface area contributed by atoms with E-state index in [-0.39, 0.29) is 11.6 Å². The lowest BCUT2D eigenvalue weighted by Gasteiger charge is -2.32. The van der Waals surface area contributed by atoms with E-state index in [1.807, 2.05) is 18.2 Å². The minimum absolute atomic E-state index is 0.195. The van der Waals surface area contributed by atoms with E-state index in [2.05, 4.69) is 20.8 Å². The third-order valence-electron chi connectivity index (χ3n) is 3.37. The molecule has 18 heavy (non-hydrogen) atoms. The Hall–Kier alpha value is -1.31. The van der Waals surface area contributed by atoms with E-state index in [0.29, 0.717) is 5.56 Å². The van der Waals surface area contributed by atoms with Gasteiger partial charge in [0.25, 0.3) is 0 Å². The van der Waals surface area contributed by atoms with Gasteiger partial charge in [0.05, 0.1) is 5.56 Å². The zero-order chi connectivity index (χ0) is 13.4. The molecule has 0 aromatic heterocycles. The summed E-state index contributed by atoms with van der Waals surface area (Å²) in [5.41, 5.74) is 0.360. The number of carbonyl (C=O) groups excluding carboxylic acids is 1. The molecule has 0 unspecified atom stereocenters. The summed E-state index contributed by atoms with van der Waals surface area (Å²) >= 11 is 0. The van der Waals surface area contributed by atoms with Crippen LogP contribution >= 0.6 is 0 Å². The van der Waals surface area contributed by atoms with Gasteiger partial charge in [-0.2, -0.15) is 0 Å². The van der Waals surface area contributed by atoms with Gasteiger partial charge in [0.15, 0.2) is 0 Å². The van der Waals surface area contributed by atoms with Crippen LogP contribution in [0.1, 0.15) is 63.2 Å². The second-order valence-corrected chi connectivity index (χ2v) is 4.79. The Labute approximate surface area is 110 Å². The van der Waals surface area contributed by atoms with Gasteiger partial charge in [0.2, 0.25) is 0 Å². The number of hydrogen-bond acceptors (Lipinski definition) is 2. The molecule has 0 spiro atoms. The third kappa shape index (κ3) is 3.86. The maximum atomic E-state index is 12.1. The molecule has 0 amide bonds. The van der Waals surface area contributed by atoms with Crippen LogP contribution in [0.2, 0.25) is 0 Å². The predicted molar refractivity (Wildman–Crippen MR) is 74.7 cm³/mol. The zero-order valence-electron chi connectivity index (χ0n) is 11.7. The van der Waals surface area contributed by atoms with Gasteiger partial charge >= 0.3 is 5.97 Å². The van der Waals surface area contributed by atoms with Gasteiger partial charge in [-0.15, -0.1) is 0 Å². The fourth-order valence-corrected chi connectivity index (χ4v) is 2.39. The van der Waals surface area contributed by atoms with Crippen molar-refractivity contribution in [1.29, 1.82) is 0 Å². The van der Waals surface area contributed by atoms with Crippen molar-refractivity contribution in [3.63, 3.8) is 0 Å². The summed E-state index contributed by atoms with van der Waals surface area (Å²) in [6.07, 6.45) is 4.84. The predicted octanol–water partition coefficient (Wildman–Crippen LogP) is 4.59. The lowest BCUT2D eigenvalue weighted by molar-refractivity contribution is -0.0305. The smallest absolute Gasteiger partial charge is 0.338 e. The Bertz CT molecular complexity index is 351. The van der Waals surface area contributed by atoms with E-state index in [4.69, 9.17) is 4.74 Å². The number of benzene rings is 1. The summed E-state index contributed by atoms with van der Waals surface area (Å²) < 4.78 is 5.82. The molecule has 0 atom stereocenters. The average molecular weight is 248 g/mol. The van der Waals surface area contributed by atoms with E-state index < -0.39 is 0 Å². The highest BCUT2D eigenvalue weighted by Crippen LogP contribution is 2.29. The van der Waals surface area contributed by atoms with Gasteiger partial charge in [0.1, 0.15) is 5.60 Å². The first-order chi connectivity index (χ1) is 8.67. The summed E-state index contributed by atoms with van der Waals surface area (Å²) in [5, 5.41) is 0. The minimum Gasteiger partial charge on any atom is -0.455 e. The molecule has 0 N–H and O–H groups in total. The molecular weight excluding hydrogens is 224 g/mol. The monoisotopic (exact) mass is 248 g/mol. The van der Waals surface area contributed by atoms with Crippen molar-refractivity contribution < 1.29 is 9.53 Å². The molecule has 0 saturated heterocycles. The summed E-state index contributed by atoms with van der Waals surface area (Å²) in [4.78, 5) is 12.1. The van der Waals surface area contributed by atoms with E-state index >= 15 is 0 Å². The van der Waals surface area contributed by atoms with Gasteiger partial charge < -0.3 is 4.74 Å². The summed E-state index contributed by atoms with van der Waals surface area (Å²) in [6, 6.07) is 9.25. The number of rotatable bonds is 7. The molecule has 0 saturated carbocycles. The molecule has 0 aliphatic heterocycles. The van der Waals surface area contributed by atoms with Crippen LogP contribution in [-0.2, 0) is 4.74 Å². The molecule has 0 fully saturated rings. The van der Waals surface area contributed by atoms with Gasteiger partial charge in [-0.05, 0) is 31.4 Å². The van der Waals surface area contributed by atoms with E-state index in [1.54, 1.807) is 12.1 Å². The van der Waals surface area contributed by atoms with Crippen molar-refractivity contribution in [2.75, 3.05) is 0 Å². The summed E-state index contributed by atoms with van der Waals surface area (Å²) in [6.45, 7) is 6.37. The third-order valence-corrected chi connectivity index (χ3v) is 3.37. The van der Waals surface area contributed by atoms with Crippen LogP contribution in [0, 0.1) is 0 Å². The highest BCUT2D eigenvalue weighted by Gasteiger charge is 2.30. The Morgan fingerprint density at radius 3 is 2.06 bits per heavy atom. The molecule has 0 aliphatic carbocycles. The molecule has 0 aliphatic rings. The first-order valence-electron chi connectivity index (χ1n) is 6.96. The fourth-order valence-electron chi connectivity index (χ4n) is 2.39. The molecule has 0 bridgehead atoms. The van der Waals surface area contributed by atoms with Crippen LogP contribution in [0.4, 0.5) is 0 Å². The van der Waals surface area contributed by atoms with Crippen LogP contribution in [-0.4, -0.2) is 11.6 Å². The minimum atomic E-state index is -0.281. The molecule has 1 aromatic rings. The van der Waals surface area contributed by atoms with Crippen molar-refractivity contribution in [2.24, 2.45) is 0 Å². The van der Waals surface area contributed by atoms with Crippen molar-refractivity contribution in [3.05, 3.63) is 35.9 Å². The van der Waals surface area contributed by atoms with Crippen molar-refractivity contribution in [1.82, 2.24) is 0 Å². The zero-order valence-corrected chi connectivity index (χ0v) is 11.7. The Morgan fingerprint density at radius 2 is 1.61 bits per heavy atom. The van der Waals surface area contributed by atoms with Crippen LogP contribution < -0.4 is 0 Å². The van der Waals surface area contributed by atoms with Crippen molar-refractivity contribution >= 4 is 5.97 Å². The fraction of sp³-hybridized carbons (Fsp3) is 0.562. The average Bonchev–Trinajstić information content (AvgIpc) is 2.40. The Morgan fingerprint density at radius 1 is 1.06 bits per heavy atom. The molecule has 2 nitrogen and oxygen atoms in total. The Kier molecular flexibility index (Phi) is 5.90. The van der Waals surface area contributed by atoms with Gasteiger partial charge in [-0.1, -0.05) is 51.8 Å². The highest BCUT2D eigenvalue weighted by molar-refractivity contribution is 5.89. The number of esters is 1. The largest absolute Gasteiger partial charge is 0.455 e. The first kappa shape index (κ1) is 14.7. The summed E-state index contributed by atoms with van der Waals surface area (Å²) in [7, 11) is 0. The molecular formula is C16H24O2. The van der Waals surface area contributed by atoms with Crippen LogP contribution in [0.3, 0.4) is 0 Å². The van der Waals surface area contributed by atoms with Crippen molar-refractivity contribution in [3.8, 4) is 0 Å². The van der Waals surface area contributed by atoms with Crippen LogP contribution in [0.5, 0.6) is 0 Å². The van der Waals surface area contributed by atoms with Gasteiger partial charge in [-0.25, -0.2) is 4.79 Å². The molecule has 1 rings (SSSR count). The van der Waals surface area contributed by atoms with Crippen LogP contribution in [0.15, 0.2) is 30.3 Å². The van der Waals surface area contributed by atoms with Gasteiger partial charge in [0, 0.05) is 0 Å². The van der Waals surface area contributed by atoms with E-state index in [9.17, 15) is 4.79 Å². The lowest BCUT2D eigenvalue weighted by atomic mass is 9.89. The summed E-state index contributed by atoms with van der Waals surface area (Å²) in [5.74, 6) is -0.195. The second-order valence-electron chi connectivity index (χ2n) is 4.79. The normalized spacial score (nSPS) is 11.3. The molecule has 1 aromatic carbocycles. The molecule has 100 valence electrons. The highest BCUT2D eigenvalue weighted by atomic mass is 16.6. The Balaban J connectivity index is 2.80. The number of ether oxygens (including phenoxy) is 1. The SMILES string of the molecule is CCCC(CC)(CCC)OC(=O)c1ccccc1. The van der Waals surface area contributed by atoms with Crippen LogP contribution in [0.25, 0.3) is 0 Å². The topological polar surface area (TPSA) is 26.3 Å². The standard InChI is InChI=1S/C16H24O2/c1-4-12-16(6-3,13-5-2)18-15(17)14-10-8-7-9-11-14/h7-11H,4-6,12-13H2,1-3H3. The maximum absolute atomic E-state index is 12.1.